The molecular formula is C21H20N4O3. The molecule has 1 aromatic heterocycles. The highest BCUT2D eigenvalue weighted by Gasteiger charge is 2.09. The van der Waals surface area contributed by atoms with E-state index in [1.54, 1.807) is 49.7 Å². The highest BCUT2D eigenvalue weighted by Crippen LogP contribution is 2.20. The van der Waals surface area contributed by atoms with Crippen molar-refractivity contribution in [3.63, 3.8) is 0 Å². The molecule has 0 aliphatic carbocycles. The highest BCUT2D eigenvalue weighted by atomic mass is 16.5. The Kier molecular flexibility index (Phi) is 5.86. The van der Waals surface area contributed by atoms with Gasteiger partial charge in [-0.25, -0.2) is 0 Å². The summed E-state index contributed by atoms with van der Waals surface area (Å²) in [6.45, 7) is 1.44. The topological polar surface area (TPSA) is 92.3 Å². The Hall–Kier alpha value is -3.87. The number of benzene rings is 2. The molecule has 7 heteroatoms. The molecule has 0 aliphatic rings. The molecule has 2 aromatic carbocycles. The standard InChI is InChI=1S/C21H20N4O3/c1-14(26)23-15-3-5-17(6-4-15)25-21(27)20-13-18(11-12-22-20)24-16-7-9-19(28-2)10-8-16/h3-13H,1-2H3,(H,22,24)(H,23,26)(H,25,27). The van der Waals surface area contributed by atoms with Crippen LogP contribution in [0.3, 0.4) is 0 Å². The van der Waals surface area contributed by atoms with Crippen LogP contribution in [0.5, 0.6) is 5.75 Å². The molecule has 0 aliphatic heterocycles. The zero-order valence-electron chi connectivity index (χ0n) is 15.5. The average molecular weight is 376 g/mol. The molecule has 0 fully saturated rings. The summed E-state index contributed by atoms with van der Waals surface area (Å²) < 4.78 is 5.14. The molecule has 0 atom stereocenters. The number of nitrogens with zero attached hydrogens (tertiary/aromatic N) is 1. The van der Waals surface area contributed by atoms with Gasteiger partial charge >= 0.3 is 0 Å². The number of rotatable bonds is 6. The van der Waals surface area contributed by atoms with Crippen LogP contribution in [0.1, 0.15) is 17.4 Å². The molecule has 2 amide bonds. The first-order valence-electron chi connectivity index (χ1n) is 8.59. The van der Waals surface area contributed by atoms with Crippen molar-refractivity contribution in [3.8, 4) is 5.75 Å². The molecule has 0 unspecified atom stereocenters. The summed E-state index contributed by atoms with van der Waals surface area (Å²) in [5.74, 6) is 0.290. The largest absolute Gasteiger partial charge is 0.497 e. The summed E-state index contributed by atoms with van der Waals surface area (Å²) in [7, 11) is 1.61. The second-order valence-corrected chi connectivity index (χ2v) is 6.00. The van der Waals surface area contributed by atoms with E-state index >= 15 is 0 Å². The highest BCUT2D eigenvalue weighted by molar-refractivity contribution is 6.03. The fourth-order valence-electron chi connectivity index (χ4n) is 2.51. The van der Waals surface area contributed by atoms with Gasteiger partial charge in [0.05, 0.1) is 7.11 Å². The predicted octanol–water partition coefficient (Wildman–Crippen LogP) is 4.04. The molecule has 7 nitrogen and oxygen atoms in total. The Morgan fingerprint density at radius 1 is 0.821 bits per heavy atom. The van der Waals surface area contributed by atoms with Crippen molar-refractivity contribution in [2.75, 3.05) is 23.1 Å². The summed E-state index contributed by atoms with van der Waals surface area (Å²) in [5, 5.41) is 8.69. The van der Waals surface area contributed by atoms with Crippen molar-refractivity contribution in [2.24, 2.45) is 0 Å². The lowest BCUT2D eigenvalue weighted by Crippen LogP contribution is -2.14. The summed E-state index contributed by atoms with van der Waals surface area (Å²) in [6.07, 6.45) is 1.57. The van der Waals surface area contributed by atoms with E-state index in [9.17, 15) is 9.59 Å². The van der Waals surface area contributed by atoms with Crippen LogP contribution in [0.4, 0.5) is 22.7 Å². The van der Waals surface area contributed by atoms with Crippen molar-refractivity contribution in [3.05, 3.63) is 72.6 Å². The van der Waals surface area contributed by atoms with Gasteiger partial charge in [0.2, 0.25) is 5.91 Å². The summed E-state index contributed by atoms with van der Waals surface area (Å²) in [4.78, 5) is 27.7. The fraction of sp³-hybridized carbons (Fsp3) is 0.0952. The zero-order valence-corrected chi connectivity index (χ0v) is 15.5. The molecule has 1 heterocycles. The average Bonchev–Trinajstić information content (AvgIpc) is 2.70. The van der Waals surface area contributed by atoms with Crippen LogP contribution in [-0.4, -0.2) is 23.9 Å². The van der Waals surface area contributed by atoms with Crippen molar-refractivity contribution in [1.82, 2.24) is 4.98 Å². The first kappa shape index (κ1) is 18.9. The van der Waals surface area contributed by atoms with E-state index in [0.29, 0.717) is 11.4 Å². The van der Waals surface area contributed by atoms with Crippen LogP contribution < -0.4 is 20.7 Å². The normalized spacial score (nSPS) is 10.1. The second-order valence-electron chi connectivity index (χ2n) is 6.00. The van der Waals surface area contributed by atoms with Crippen LogP contribution in [0.2, 0.25) is 0 Å². The maximum Gasteiger partial charge on any atom is 0.274 e. The molecule has 3 aromatic rings. The van der Waals surface area contributed by atoms with E-state index in [2.05, 4.69) is 20.9 Å². The number of anilines is 4. The first-order chi connectivity index (χ1) is 13.5. The van der Waals surface area contributed by atoms with E-state index in [0.717, 1.165) is 17.1 Å². The number of ether oxygens (including phenoxy) is 1. The van der Waals surface area contributed by atoms with Gasteiger partial charge in [0, 0.05) is 35.9 Å². The van der Waals surface area contributed by atoms with Gasteiger partial charge in [0.1, 0.15) is 11.4 Å². The van der Waals surface area contributed by atoms with E-state index in [1.165, 1.54) is 6.92 Å². The molecule has 0 saturated heterocycles. The first-order valence-corrected chi connectivity index (χ1v) is 8.59. The number of nitrogens with one attached hydrogen (secondary N) is 3. The Morgan fingerprint density at radius 3 is 2.04 bits per heavy atom. The number of hydrogen-bond acceptors (Lipinski definition) is 5. The van der Waals surface area contributed by atoms with Gasteiger partial charge in [-0.05, 0) is 60.7 Å². The molecule has 0 saturated carbocycles. The zero-order chi connectivity index (χ0) is 19.9. The Morgan fingerprint density at radius 2 is 1.43 bits per heavy atom. The second kappa shape index (κ2) is 8.68. The third-order valence-corrected chi connectivity index (χ3v) is 3.83. The number of aromatic nitrogens is 1. The van der Waals surface area contributed by atoms with Crippen molar-refractivity contribution in [2.45, 2.75) is 6.92 Å². The number of carbonyl (C=O) groups is 2. The lowest BCUT2D eigenvalue weighted by atomic mass is 10.2. The molecule has 0 bridgehead atoms. The molecule has 0 radical (unpaired) electrons. The van der Waals surface area contributed by atoms with E-state index in [1.807, 2.05) is 24.3 Å². The van der Waals surface area contributed by atoms with Gasteiger partial charge in [0.25, 0.3) is 5.91 Å². The summed E-state index contributed by atoms with van der Waals surface area (Å²) in [6, 6.07) is 17.8. The molecule has 3 rings (SSSR count). The number of pyridine rings is 1. The van der Waals surface area contributed by atoms with Crippen LogP contribution in [-0.2, 0) is 4.79 Å². The Balaban J connectivity index is 1.66. The Labute approximate surface area is 162 Å². The molecule has 28 heavy (non-hydrogen) atoms. The Bertz CT molecular complexity index is 970. The van der Waals surface area contributed by atoms with Gasteiger partial charge in [-0.15, -0.1) is 0 Å². The van der Waals surface area contributed by atoms with Gasteiger partial charge < -0.3 is 20.7 Å². The minimum Gasteiger partial charge on any atom is -0.497 e. The van der Waals surface area contributed by atoms with Gasteiger partial charge in [-0.3, -0.25) is 14.6 Å². The lowest BCUT2D eigenvalue weighted by Gasteiger charge is -2.10. The number of methoxy groups -OCH3 is 1. The third-order valence-electron chi connectivity index (χ3n) is 3.83. The third kappa shape index (κ3) is 5.07. The van der Waals surface area contributed by atoms with Crippen molar-refractivity contribution < 1.29 is 14.3 Å². The maximum absolute atomic E-state index is 12.5. The SMILES string of the molecule is COc1ccc(Nc2ccnc(C(=O)Nc3ccc(NC(C)=O)cc3)c2)cc1. The number of carbonyl (C=O) groups excluding carboxylic acids is 2. The molecule has 3 N–H and O–H groups in total. The van der Waals surface area contributed by atoms with Crippen molar-refractivity contribution in [1.29, 1.82) is 0 Å². The quantitative estimate of drug-likeness (QED) is 0.604. The molecule has 142 valence electrons. The van der Waals surface area contributed by atoms with Gasteiger partial charge in [-0.1, -0.05) is 0 Å². The van der Waals surface area contributed by atoms with Gasteiger partial charge in [-0.2, -0.15) is 0 Å². The minimum absolute atomic E-state index is 0.151. The smallest absolute Gasteiger partial charge is 0.274 e. The molecular weight excluding hydrogens is 356 g/mol. The minimum atomic E-state index is -0.328. The molecule has 0 spiro atoms. The van der Waals surface area contributed by atoms with Crippen LogP contribution >= 0.6 is 0 Å². The number of hydrogen-bond donors (Lipinski definition) is 3. The van der Waals surface area contributed by atoms with E-state index < -0.39 is 0 Å². The predicted molar refractivity (Wildman–Crippen MR) is 109 cm³/mol. The van der Waals surface area contributed by atoms with Gasteiger partial charge in [0.15, 0.2) is 0 Å². The summed E-state index contributed by atoms with van der Waals surface area (Å²) >= 11 is 0. The van der Waals surface area contributed by atoms with Crippen LogP contribution in [0, 0.1) is 0 Å². The van der Waals surface area contributed by atoms with E-state index in [-0.39, 0.29) is 17.5 Å². The van der Waals surface area contributed by atoms with Crippen LogP contribution in [0.25, 0.3) is 0 Å². The summed E-state index contributed by atoms with van der Waals surface area (Å²) in [5.41, 5.74) is 3.16. The van der Waals surface area contributed by atoms with Crippen LogP contribution in [0.15, 0.2) is 66.9 Å². The fourth-order valence-corrected chi connectivity index (χ4v) is 2.51. The number of amides is 2. The van der Waals surface area contributed by atoms with E-state index in [4.69, 9.17) is 4.74 Å². The lowest BCUT2D eigenvalue weighted by molar-refractivity contribution is -0.114. The van der Waals surface area contributed by atoms with Crippen molar-refractivity contribution >= 4 is 34.6 Å². The monoisotopic (exact) mass is 376 g/mol. The maximum atomic E-state index is 12.5.